The molecule has 0 spiro atoms. The summed E-state index contributed by atoms with van der Waals surface area (Å²) in [5, 5.41) is 9.42. The topological polar surface area (TPSA) is 20.2 Å². The van der Waals surface area contributed by atoms with Crippen LogP contribution < -0.4 is 0 Å². The molecule has 1 nitrogen and oxygen atoms in total. The minimum Gasteiger partial charge on any atom is -0.386 e. The molecule has 0 aromatic carbocycles. The van der Waals surface area contributed by atoms with Crippen LogP contribution in [0.2, 0.25) is 0 Å². The van der Waals surface area contributed by atoms with Gasteiger partial charge in [-0.2, -0.15) is 0 Å². The van der Waals surface area contributed by atoms with Crippen molar-refractivity contribution in [1.82, 2.24) is 0 Å². The van der Waals surface area contributed by atoms with Crippen LogP contribution in [0.4, 0.5) is 0 Å². The predicted octanol–water partition coefficient (Wildman–Crippen LogP) is 1.64. The molecule has 1 aliphatic rings. The molecule has 0 fully saturated rings. The van der Waals surface area contributed by atoms with Crippen LogP contribution in [0.3, 0.4) is 0 Å². The first-order chi connectivity index (χ1) is 4.10. The van der Waals surface area contributed by atoms with Crippen LogP contribution in [0.25, 0.3) is 0 Å². The van der Waals surface area contributed by atoms with Crippen molar-refractivity contribution < 1.29 is 5.11 Å². The Morgan fingerprint density at radius 1 is 1.67 bits per heavy atom. The van der Waals surface area contributed by atoms with Crippen molar-refractivity contribution in [1.29, 1.82) is 0 Å². The number of rotatable bonds is 0. The Morgan fingerprint density at radius 2 is 2.33 bits per heavy atom. The Labute approximate surface area is 55.7 Å². The molecule has 0 radical (unpaired) electrons. The van der Waals surface area contributed by atoms with Gasteiger partial charge < -0.3 is 5.11 Å². The van der Waals surface area contributed by atoms with Crippen LogP contribution in [0.15, 0.2) is 23.8 Å². The van der Waals surface area contributed by atoms with Crippen molar-refractivity contribution in [3.63, 3.8) is 0 Å². The van der Waals surface area contributed by atoms with Crippen LogP contribution in [0.1, 0.15) is 20.3 Å². The minimum absolute atomic E-state index is 0.598. The van der Waals surface area contributed by atoms with Gasteiger partial charge in [0.15, 0.2) is 0 Å². The van der Waals surface area contributed by atoms with E-state index in [1.165, 1.54) is 0 Å². The van der Waals surface area contributed by atoms with E-state index in [1.807, 2.05) is 32.1 Å². The van der Waals surface area contributed by atoms with Crippen molar-refractivity contribution in [2.24, 2.45) is 0 Å². The maximum atomic E-state index is 9.42. The maximum Gasteiger partial charge on any atom is 0.0839 e. The molecule has 1 heteroatoms. The van der Waals surface area contributed by atoms with Crippen LogP contribution >= 0.6 is 0 Å². The van der Waals surface area contributed by atoms with E-state index in [-0.39, 0.29) is 0 Å². The van der Waals surface area contributed by atoms with E-state index in [0.717, 1.165) is 12.0 Å². The molecule has 0 saturated heterocycles. The van der Waals surface area contributed by atoms with E-state index >= 15 is 0 Å². The highest BCUT2D eigenvalue weighted by atomic mass is 16.3. The Balaban J connectivity index is 2.78. The Morgan fingerprint density at radius 3 is 2.67 bits per heavy atom. The molecule has 0 aromatic heterocycles. The summed E-state index contributed by atoms with van der Waals surface area (Å²) >= 11 is 0. The largest absolute Gasteiger partial charge is 0.386 e. The summed E-state index contributed by atoms with van der Waals surface area (Å²) in [5.74, 6) is 0. The second-order valence-electron chi connectivity index (χ2n) is 2.85. The third-order valence-corrected chi connectivity index (χ3v) is 1.45. The molecule has 1 rings (SSSR count). The van der Waals surface area contributed by atoms with Crippen LogP contribution in [0.5, 0.6) is 0 Å². The van der Waals surface area contributed by atoms with Gasteiger partial charge in [-0.3, -0.25) is 0 Å². The fourth-order valence-electron chi connectivity index (χ4n) is 1.08. The van der Waals surface area contributed by atoms with Gasteiger partial charge in [-0.05, 0) is 20.3 Å². The quantitative estimate of drug-likeness (QED) is 0.520. The number of hydrogen-bond donors (Lipinski definition) is 1. The Kier molecular flexibility index (Phi) is 1.45. The second kappa shape index (κ2) is 1.99. The van der Waals surface area contributed by atoms with E-state index in [2.05, 4.69) is 0 Å². The van der Waals surface area contributed by atoms with Gasteiger partial charge in [-0.25, -0.2) is 0 Å². The SMILES string of the molecule is CC1=CC(C)(O)CC=C1. The van der Waals surface area contributed by atoms with Gasteiger partial charge in [-0.1, -0.05) is 23.8 Å². The van der Waals surface area contributed by atoms with Gasteiger partial charge >= 0.3 is 0 Å². The Bertz CT molecular complexity index is 163. The lowest BCUT2D eigenvalue weighted by Gasteiger charge is -2.20. The zero-order valence-electron chi connectivity index (χ0n) is 5.89. The van der Waals surface area contributed by atoms with E-state index in [4.69, 9.17) is 0 Å². The summed E-state index contributed by atoms with van der Waals surface area (Å²) in [5.41, 5.74) is 0.546. The number of allylic oxidation sites excluding steroid dienone is 2. The fourth-order valence-corrected chi connectivity index (χ4v) is 1.08. The van der Waals surface area contributed by atoms with Crippen molar-refractivity contribution in [3.05, 3.63) is 23.8 Å². The summed E-state index contributed by atoms with van der Waals surface area (Å²) in [6.07, 6.45) is 6.64. The third kappa shape index (κ3) is 1.68. The molecule has 1 N–H and O–H groups in total. The van der Waals surface area contributed by atoms with E-state index in [1.54, 1.807) is 0 Å². The highest BCUT2D eigenvalue weighted by Gasteiger charge is 2.16. The smallest absolute Gasteiger partial charge is 0.0839 e. The summed E-state index contributed by atoms with van der Waals surface area (Å²) < 4.78 is 0. The normalized spacial score (nSPS) is 34.3. The zero-order valence-corrected chi connectivity index (χ0v) is 5.89. The zero-order chi connectivity index (χ0) is 6.91. The molecule has 50 valence electrons. The van der Waals surface area contributed by atoms with E-state index in [9.17, 15) is 5.11 Å². The molecule has 0 aliphatic heterocycles. The maximum absolute atomic E-state index is 9.42. The average molecular weight is 124 g/mol. The summed E-state index contributed by atoms with van der Waals surface area (Å²) in [7, 11) is 0. The summed E-state index contributed by atoms with van der Waals surface area (Å²) in [6, 6.07) is 0. The monoisotopic (exact) mass is 124 g/mol. The molecule has 0 saturated carbocycles. The molecule has 0 aromatic rings. The summed E-state index contributed by atoms with van der Waals surface area (Å²) in [4.78, 5) is 0. The van der Waals surface area contributed by atoms with Crippen molar-refractivity contribution >= 4 is 0 Å². The summed E-state index contributed by atoms with van der Waals surface area (Å²) in [6.45, 7) is 3.81. The van der Waals surface area contributed by atoms with Crippen LogP contribution in [-0.2, 0) is 0 Å². The predicted molar refractivity (Wildman–Crippen MR) is 38.1 cm³/mol. The molecule has 0 bridgehead atoms. The number of aliphatic hydroxyl groups is 1. The van der Waals surface area contributed by atoms with Crippen molar-refractivity contribution in [2.75, 3.05) is 0 Å². The van der Waals surface area contributed by atoms with Crippen molar-refractivity contribution in [2.45, 2.75) is 25.9 Å². The minimum atomic E-state index is -0.598. The van der Waals surface area contributed by atoms with Gasteiger partial charge in [0, 0.05) is 0 Å². The molecule has 9 heavy (non-hydrogen) atoms. The lowest BCUT2D eigenvalue weighted by atomic mass is 9.94. The fraction of sp³-hybridized carbons (Fsp3) is 0.500. The van der Waals surface area contributed by atoms with Gasteiger partial charge in [0.2, 0.25) is 0 Å². The Hall–Kier alpha value is -0.560. The van der Waals surface area contributed by atoms with Gasteiger partial charge in [0.05, 0.1) is 5.60 Å². The number of hydrogen-bond acceptors (Lipinski definition) is 1. The van der Waals surface area contributed by atoms with Gasteiger partial charge in [0.1, 0.15) is 0 Å². The van der Waals surface area contributed by atoms with E-state index in [0.29, 0.717) is 0 Å². The first-order valence-corrected chi connectivity index (χ1v) is 3.18. The standard InChI is InChI=1S/C8H12O/c1-7-4-3-5-8(2,9)6-7/h3-4,6,9H,5H2,1-2H3. The van der Waals surface area contributed by atoms with E-state index < -0.39 is 5.60 Å². The molecule has 1 aliphatic carbocycles. The molecule has 0 amide bonds. The average Bonchev–Trinajstić information content (AvgIpc) is 1.60. The van der Waals surface area contributed by atoms with Gasteiger partial charge in [-0.15, -0.1) is 0 Å². The van der Waals surface area contributed by atoms with Gasteiger partial charge in [0.25, 0.3) is 0 Å². The molecule has 0 heterocycles. The first-order valence-electron chi connectivity index (χ1n) is 3.18. The molecular formula is C8H12O. The first kappa shape index (κ1) is 6.56. The van der Waals surface area contributed by atoms with Crippen molar-refractivity contribution in [3.8, 4) is 0 Å². The highest BCUT2D eigenvalue weighted by Crippen LogP contribution is 2.19. The molecule has 1 unspecified atom stereocenters. The third-order valence-electron chi connectivity index (χ3n) is 1.45. The second-order valence-corrected chi connectivity index (χ2v) is 2.85. The lowest BCUT2D eigenvalue weighted by molar-refractivity contribution is 0.113. The molecule has 1 atom stereocenters. The van der Waals surface area contributed by atoms with Crippen LogP contribution in [-0.4, -0.2) is 10.7 Å². The van der Waals surface area contributed by atoms with Crippen LogP contribution in [0, 0.1) is 0 Å². The molecular weight excluding hydrogens is 112 g/mol. The lowest BCUT2D eigenvalue weighted by Crippen LogP contribution is -2.21. The highest BCUT2D eigenvalue weighted by molar-refractivity contribution is 5.25.